The van der Waals surface area contributed by atoms with E-state index in [1.165, 1.54) is 0 Å². The molecule has 0 radical (unpaired) electrons. The van der Waals surface area contributed by atoms with Crippen molar-refractivity contribution in [3.8, 4) is 0 Å². The summed E-state index contributed by atoms with van der Waals surface area (Å²) in [5.74, 6) is 0. The molecule has 6 N–H and O–H groups in total. The minimum absolute atomic E-state index is 0.646. The molecule has 0 aliphatic heterocycles. The summed E-state index contributed by atoms with van der Waals surface area (Å²) in [4.78, 5) is 0. The summed E-state index contributed by atoms with van der Waals surface area (Å²) in [6.07, 6.45) is 0. The lowest BCUT2D eigenvalue weighted by molar-refractivity contribution is 1.67. The van der Waals surface area contributed by atoms with Crippen LogP contribution in [0.4, 0.5) is 11.4 Å². The Morgan fingerprint density at radius 2 is 1.36 bits per heavy atom. The molecule has 1 aromatic rings. The molecule has 4 heteroatoms. The number of benzene rings is 1. The second-order valence-electron chi connectivity index (χ2n) is 1.76. The number of anilines is 2. The van der Waals surface area contributed by atoms with Gasteiger partial charge in [-0.3, -0.25) is 0 Å². The van der Waals surface area contributed by atoms with E-state index >= 15 is 0 Å². The zero-order chi connectivity index (χ0) is 8.69. The summed E-state index contributed by atoms with van der Waals surface area (Å²) in [7, 11) is 0. The molecule has 11 heavy (non-hydrogen) atoms. The fourth-order valence-electron chi connectivity index (χ4n) is 0.511. The fraction of sp³-hybridized carbons (Fsp3) is 0. The Bertz CT molecular complexity index is 204. The monoisotopic (exact) mass is 169 g/mol. The second-order valence-corrected chi connectivity index (χ2v) is 2.04. The van der Waals surface area contributed by atoms with Crippen molar-refractivity contribution in [1.29, 1.82) is 0 Å². The number of nitrogens with two attached hydrogens (primary N) is 3. The molecule has 0 bridgehead atoms. The average Bonchev–Trinajstić information content (AvgIpc) is 1.97. The predicted molar refractivity (Wildman–Crippen MR) is 53.1 cm³/mol. The van der Waals surface area contributed by atoms with E-state index < -0.39 is 0 Å². The maximum Gasteiger partial charge on any atom is 0.0588 e. The molecule has 0 atom stereocenters. The van der Waals surface area contributed by atoms with E-state index in [0.29, 0.717) is 11.4 Å². The molecule has 3 nitrogen and oxygen atoms in total. The van der Waals surface area contributed by atoms with Gasteiger partial charge in [-0.15, -0.1) is 0 Å². The van der Waals surface area contributed by atoms with Gasteiger partial charge in [0.1, 0.15) is 0 Å². The normalized spacial score (nSPS) is 7.64. The minimum Gasteiger partial charge on any atom is -0.397 e. The first-order chi connectivity index (χ1) is 5.22. The Kier molecular flexibility index (Phi) is 4.85. The van der Waals surface area contributed by atoms with Crippen molar-refractivity contribution in [2.75, 3.05) is 11.5 Å². The molecule has 0 heterocycles. The zero-order valence-electron chi connectivity index (χ0n) is 6.03. The highest BCUT2D eigenvalue weighted by Gasteiger charge is 1.85. The summed E-state index contributed by atoms with van der Waals surface area (Å²) < 4.78 is 0. The molecule has 1 aromatic carbocycles. The predicted octanol–water partition coefficient (Wildman–Crippen LogP) is 0.753. The topological polar surface area (TPSA) is 78.1 Å². The maximum absolute atomic E-state index is 5.39. The Labute approximate surface area is 71.2 Å². The molecule has 0 unspecified atom stereocenters. The highest BCUT2D eigenvalue weighted by atomic mass is 32.1. The van der Waals surface area contributed by atoms with Gasteiger partial charge in [-0.1, -0.05) is 24.4 Å². The molecular weight excluding hydrogens is 158 g/mol. The van der Waals surface area contributed by atoms with Gasteiger partial charge in [0, 0.05) is 0 Å². The van der Waals surface area contributed by atoms with Crippen LogP contribution in [-0.4, -0.2) is 5.49 Å². The van der Waals surface area contributed by atoms with Gasteiger partial charge in [0.05, 0.1) is 16.9 Å². The van der Waals surface area contributed by atoms with Crippen molar-refractivity contribution in [3.63, 3.8) is 0 Å². The first-order valence-electron chi connectivity index (χ1n) is 2.97. The van der Waals surface area contributed by atoms with E-state index in [-0.39, 0.29) is 0 Å². The van der Waals surface area contributed by atoms with Gasteiger partial charge < -0.3 is 17.2 Å². The smallest absolute Gasteiger partial charge is 0.0588 e. The molecular formula is C7H11N3S. The van der Waals surface area contributed by atoms with E-state index in [1.54, 1.807) is 12.1 Å². The molecule has 0 saturated heterocycles. The summed E-state index contributed by atoms with van der Waals surface area (Å²) >= 11 is 4.05. The van der Waals surface area contributed by atoms with Crippen LogP contribution in [0.5, 0.6) is 0 Å². The van der Waals surface area contributed by atoms with Gasteiger partial charge in [-0.25, -0.2) is 0 Å². The van der Waals surface area contributed by atoms with Crippen LogP contribution < -0.4 is 17.2 Å². The van der Waals surface area contributed by atoms with Crippen molar-refractivity contribution in [3.05, 3.63) is 24.3 Å². The lowest BCUT2D eigenvalue weighted by Gasteiger charge is -1.94. The highest BCUT2D eigenvalue weighted by molar-refractivity contribution is 7.78. The summed E-state index contributed by atoms with van der Waals surface area (Å²) in [6, 6.07) is 7.25. The number of para-hydroxylation sites is 2. The zero-order valence-corrected chi connectivity index (χ0v) is 6.84. The number of rotatable bonds is 0. The van der Waals surface area contributed by atoms with Gasteiger partial charge >= 0.3 is 0 Å². The summed E-state index contributed by atoms with van der Waals surface area (Å²) in [5, 5.41) is 0. The van der Waals surface area contributed by atoms with Crippen LogP contribution >= 0.6 is 12.2 Å². The molecule has 0 aliphatic rings. The van der Waals surface area contributed by atoms with E-state index in [1.807, 2.05) is 12.1 Å². The van der Waals surface area contributed by atoms with E-state index in [2.05, 4.69) is 18.0 Å². The summed E-state index contributed by atoms with van der Waals surface area (Å²) in [5.41, 5.74) is 17.7. The first-order valence-corrected chi connectivity index (χ1v) is 3.45. The second kappa shape index (κ2) is 5.49. The lowest BCUT2D eigenvalue weighted by atomic mass is 10.3. The molecule has 0 aliphatic carbocycles. The van der Waals surface area contributed by atoms with Gasteiger partial charge in [0.15, 0.2) is 0 Å². The van der Waals surface area contributed by atoms with Crippen molar-refractivity contribution < 1.29 is 0 Å². The third-order valence-electron chi connectivity index (χ3n) is 0.996. The third kappa shape index (κ3) is 4.16. The molecule has 0 saturated carbocycles. The molecule has 0 spiro atoms. The number of hydrogen-bond acceptors (Lipinski definition) is 3. The third-order valence-corrected chi connectivity index (χ3v) is 0.996. The molecule has 0 aromatic heterocycles. The van der Waals surface area contributed by atoms with Crippen LogP contribution in [0, 0.1) is 0 Å². The Balaban J connectivity index is 0.000000292. The average molecular weight is 169 g/mol. The molecule has 0 fully saturated rings. The fourth-order valence-corrected chi connectivity index (χ4v) is 0.511. The van der Waals surface area contributed by atoms with Crippen LogP contribution in [0.25, 0.3) is 0 Å². The van der Waals surface area contributed by atoms with Gasteiger partial charge in [-0.05, 0) is 12.1 Å². The van der Waals surface area contributed by atoms with Crippen LogP contribution in [-0.2, 0) is 0 Å². The van der Waals surface area contributed by atoms with E-state index in [4.69, 9.17) is 11.5 Å². The highest BCUT2D eigenvalue weighted by Crippen LogP contribution is 2.10. The van der Waals surface area contributed by atoms with Crippen LogP contribution in [0.15, 0.2) is 24.3 Å². The van der Waals surface area contributed by atoms with Crippen molar-refractivity contribution in [2.24, 2.45) is 5.73 Å². The molecule has 0 amide bonds. The molecule has 60 valence electrons. The van der Waals surface area contributed by atoms with E-state index in [9.17, 15) is 0 Å². The Hall–Kier alpha value is -1.29. The van der Waals surface area contributed by atoms with Gasteiger partial charge in [-0.2, -0.15) is 0 Å². The van der Waals surface area contributed by atoms with Crippen molar-refractivity contribution in [2.45, 2.75) is 0 Å². The molecule has 1 rings (SSSR count). The van der Waals surface area contributed by atoms with Crippen LogP contribution in [0.1, 0.15) is 0 Å². The first kappa shape index (κ1) is 9.71. The largest absolute Gasteiger partial charge is 0.397 e. The lowest BCUT2D eigenvalue weighted by Crippen LogP contribution is -1.91. The number of thiocarbonyl (C=S) groups is 1. The van der Waals surface area contributed by atoms with Gasteiger partial charge in [0.2, 0.25) is 0 Å². The minimum atomic E-state index is 0.646. The van der Waals surface area contributed by atoms with Crippen molar-refractivity contribution in [1.82, 2.24) is 0 Å². The number of hydrogen-bond donors (Lipinski definition) is 3. The maximum atomic E-state index is 5.39. The standard InChI is InChI=1S/C6H8N2.CH3NS/c7-5-3-1-2-4-6(5)8;2-1-3/h1-4H,7-8H2;1H,(H2,2,3). The van der Waals surface area contributed by atoms with Crippen LogP contribution in [0.3, 0.4) is 0 Å². The quantitative estimate of drug-likeness (QED) is 0.395. The van der Waals surface area contributed by atoms with Gasteiger partial charge in [0.25, 0.3) is 0 Å². The summed E-state index contributed by atoms with van der Waals surface area (Å²) in [6.45, 7) is 0. The van der Waals surface area contributed by atoms with E-state index in [0.717, 1.165) is 5.49 Å². The Morgan fingerprint density at radius 3 is 1.55 bits per heavy atom. The SMILES string of the molecule is NC=S.Nc1ccccc1N. The Morgan fingerprint density at radius 1 is 1.09 bits per heavy atom. The van der Waals surface area contributed by atoms with Crippen LogP contribution in [0.2, 0.25) is 0 Å². The van der Waals surface area contributed by atoms with Crippen molar-refractivity contribution >= 4 is 29.1 Å². The number of nitrogen functional groups attached to an aromatic ring is 2.